The lowest BCUT2D eigenvalue weighted by Gasteiger charge is -2.17. The van der Waals surface area contributed by atoms with Crippen molar-refractivity contribution in [3.05, 3.63) is 65.7 Å². The van der Waals surface area contributed by atoms with Gasteiger partial charge in [0, 0.05) is 42.4 Å². The maximum atomic E-state index is 12.9. The van der Waals surface area contributed by atoms with Crippen LogP contribution >= 0.6 is 7.37 Å². The van der Waals surface area contributed by atoms with Crippen molar-refractivity contribution in [3.8, 4) is 23.6 Å². The zero-order valence-corrected chi connectivity index (χ0v) is 25.8. The van der Waals surface area contributed by atoms with Crippen LogP contribution in [0.15, 0.2) is 59.5 Å². The molecular weight excluding hydrogens is 593 g/mol. The average molecular weight is 628 g/mol. The lowest BCUT2D eigenvalue weighted by atomic mass is 9.97. The molecular formula is C30H34N3O8PS. The Labute approximate surface area is 251 Å². The first kappa shape index (κ1) is 33.6. The third-order valence-electron chi connectivity index (χ3n) is 6.53. The van der Waals surface area contributed by atoms with Crippen molar-refractivity contribution in [2.24, 2.45) is 0 Å². The summed E-state index contributed by atoms with van der Waals surface area (Å²) >= 11 is 0. The predicted molar refractivity (Wildman–Crippen MR) is 161 cm³/mol. The zero-order chi connectivity index (χ0) is 31.3. The molecule has 3 aromatic carbocycles. The molecule has 0 aliphatic carbocycles. The predicted octanol–water partition coefficient (Wildman–Crippen LogP) is 4.78. The largest absolute Gasteiger partial charge is 0.496 e. The van der Waals surface area contributed by atoms with Gasteiger partial charge in [-0.3, -0.25) is 9.36 Å². The summed E-state index contributed by atoms with van der Waals surface area (Å²) in [7, 11) is -4.18. The summed E-state index contributed by atoms with van der Waals surface area (Å²) in [4.78, 5) is 11.4. The SMILES string of the molecule is COC(=O)CNS(=O)(=O)c1ccc(Cc2ccc(OC)c3cccc(OCCCOP(=O)(CCC#N)CCC#N)c23)cc1. The second kappa shape index (κ2) is 16.1. The molecule has 0 unspecified atom stereocenters. The molecule has 228 valence electrons. The van der Waals surface area contributed by atoms with E-state index in [-0.39, 0.29) is 43.3 Å². The van der Waals surface area contributed by atoms with Gasteiger partial charge < -0.3 is 18.7 Å². The molecule has 0 atom stereocenters. The molecule has 0 aromatic heterocycles. The number of nitrogens with zero attached hydrogens (tertiary/aromatic N) is 2. The van der Waals surface area contributed by atoms with Crippen molar-refractivity contribution < 1.29 is 36.5 Å². The van der Waals surface area contributed by atoms with E-state index in [1.54, 1.807) is 19.2 Å². The van der Waals surface area contributed by atoms with Gasteiger partial charge in [0.05, 0.1) is 44.5 Å². The third kappa shape index (κ3) is 9.54. The fraction of sp³-hybridized carbons (Fsp3) is 0.367. The lowest BCUT2D eigenvalue weighted by molar-refractivity contribution is -0.139. The fourth-order valence-corrected chi connectivity index (χ4v) is 7.13. The number of esters is 1. The van der Waals surface area contributed by atoms with E-state index >= 15 is 0 Å². The summed E-state index contributed by atoms with van der Waals surface area (Å²) in [6.45, 7) is -0.0226. The Morgan fingerprint density at radius 2 is 1.63 bits per heavy atom. The quantitative estimate of drug-likeness (QED) is 0.125. The number of nitriles is 2. The zero-order valence-electron chi connectivity index (χ0n) is 24.1. The molecule has 0 saturated carbocycles. The summed E-state index contributed by atoms with van der Waals surface area (Å²) in [6, 6.07) is 19.8. The summed E-state index contributed by atoms with van der Waals surface area (Å²) in [5.41, 5.74) is 1.78. The molecule has 3 aromatic rings. The topological polar surface area (TPSA) is 165 Å². The Morgan fingerprint density at radius 1 is 0.930 bits per heavy atom. The molecule has 11 nitrogen and oxygen atoms in total. The molecule has 0 amide bonds. The highest BCUT2D eigenvalue weighted by atomic mass is 32.2. The van der Waals surface area contributed by atoms with Crippen molar-refractivity contribution in [1.29, 1.82) is 10.5 Å². The molecule has 0 saturated heterocycles. The summed E-state index contributed by atoms with van der Waals surface area (Å²) in [6.07, 6.45) is 1.36. The number of carbonyl (C=O) groups excluding carboxylic acids is 1. The number of hydrogen-bond acceptors (Lipinski definition) is 10. The van der Waals surface area contributed by atoms with Crippen LogP contribution in [-0.4, -0.2) is 60.7 Å². The van der Waals surface area contributed by atoms with Gasteiger partial charge in [-0.25, -0.2) is 8.42 Å². The van der Waals surface area contributed by atoms with Gasteiger partial charge in [-0.1, -0.05) is 30.3 Å². The molecule has 0 aliphatic heterocycles. The van der Waals surface area contributed by atoms with Crippen LogP contribution in [0.3, 0.4) is 0 Å². The number of nitrogens with one attached hydrogen (secondary N) is 1. The van der Waals surface area contributed by atoms with Crippen LogP contribution in [0, 0.1) is 22.7 Å². The molecule has 0 bridgehead atoms. The van der Waals surface area contributed by atoms with Crippen LogP contribution in [0.1, 0.15) is 30.4 Å². The highest BCUT2D eigenvalue weighted by Gasteiger charge is 2.22. The van der Waals surface area contributed by atoms with Crippen molar-refractivity contribution in [2.75, 3.05) is 46.3 Å². The van der Waals surface area contributed by atoms with Gasteiger partial charge in [0.25, 0.3) is 0 Å². The maximum Gasteiger partial charge on any atom is 0.320 e. The van der Waals surface area contributed by atoms with Gasteiger partial charge in [0.15, 0.2) is 0 Å². The van der Waals surface area contributed by atoms with Crippen LogP contribution in [0.5, 0.6) is 11.5 Å². The first-order valence-electron chi connectivity index (χ1n) is 13.5. The molecule has 13 heteroatoms. The summed E-state index contributed by atoms with van der Waals surface area (Å²) in [5.74, 6) is 0.597. The van der Waals surface area contributed by atoms with E-state index in [9.17, 15) is 17.8 Å². The van der Waals surface area contributed by atoms with Crippen LogP contribution in [0.25, 0.3) is 10.8 Å². The number of hydrogen-bond donors (Lipinski definition) is 1. The van der Waals surface area contributed by atoms with Crippen LogP contribution in [0.4, 0.5) is 0 Å². The Balaban J connectivity index is 1.75. The maximum absolute atomic E-state index is 12.9. The number of benzene rings is 3. The monoisotopic (exact) mass is 627 g/mol. The van der Waals surface area contributed by atoms with Gasteiger partial charge >= 0.3 is 5.97 Å². The summed E-state index contributed by atoms with van der Waals surface area (Å²) in [5, 5.41) is 19.4. The highest BCUT2D eigenvalue weighted by Crippen LogP contribution is 2.48. The van der Waals surface area contributed by atoms with Crippen molar-refractivity contribution in [2.45, 2.75) is 30.6 Å². The number of ether oxygens (including phenoxy) is 3. The summed E-state index contributed by atoms with van der Waals surface area (Å²) < 4.78 is 62.0. The lowest BCUT2D eigenvalue weighted by Crippen LogP contribution is -2.30. The van der Waals surface area contributed by atoms with E-state index in [1.165, 1.54) is 19.2 Å². The van der Waals surface area contributed by atoms with Gasteiger partial charge in [0.1, 0.15) is 18.0 Å². The number of fused-ring (bicyclic) bond motifs is 1. The molecule has 1 N–H and O–H groups in total. The van der Waals surface area contributed by atoms with Crippen molar-refractivity contribution in [1.82, 2.24) is 4.72 Å². The van der Waals surface area contributed by atoms with Crippen molar-refractivity contribution >= 4 is 34.1 Å². The number of carbonyl (C=O) groups is 1. The second-order valence-corrected chi connectivity index (χ2v) is 14.0. The van der Waals surface area contributed by atoms with E-state index in [2.05, 4.69) is 9.46 Å². The average Bonchev–Trinajstić information content (AvgIpc) is 3.02. The van der Waals surface area contributed by atoms with Crippen LogP contribution in [-0.2, 0) is 35.1 Å². The smallest absolute Gasteiger partial charge is 0.320 e. The molecule has 43 heavy (non-hydrogen) atoms. The van der Waals surface area contributed by atoms with Gasteiger partial charge in [-0.15, -0.1) is 0 Å². The molecule has 3 rings (SSSR count). The van der Waals surface area contributed by atoms with Gasteiger partial charge in [-0.2, -0.15) is 15.2 Å². The Morgan fingerprint density at radius 3 is 2.26 bits per heavy atom. The molecule has 0 spiro atoms. The Bertz CT molecular complexity index is 1620. The standard InChI is InChI=1S/C30H34N3O8PS/c1-38-27-14-11-24(21-23-9-12-25(13-10-23)43(36,37)33-22-29(34)39-2)30-26(27)7-3-8-28(30)40-17-6-18-41-42(35,19-4-15-31)20-5-16-32/h3,7-14,33H,4-6,17-22H2,1-2H3. The minimum atomic E-state index is -3.88. The highest BCUT2D eigenvalue weighted by molar-refractivity contribution is 7.89. The third-order valence-corrected chi connectivity index (χ3v) is 10.4. The molecule has 0 heterocycles. The Kier molecular flexibility index (Phi) is 12.5. The van der Waals surface area contributed by atoms with E-state index in [4.69, 9.17) is 24.5 Å². The van der Waals surface area contributed by atoms with E-state index in [1.807, 2.05) is 42.5 Å². The van der Waals surface area contributed by atoms with Gasteiger partial charge in [-0.05, 0) is 41.8 Å². The number of sulfonamides is 1. The van der Waals surface area contributed by atoms with Gasteiger partial charge in [0.2, 0.25) is 17.4 Å². The molecule has 0 fully saturated rings. The molecule has 0 radical (unpaired) electrons. The van der Waals surface area contributed by atoms with Crippen LogP contribution in [0.2, 0.25) is 0 Å². The Hall–Kier alpha value is -3.93. The number of rotatable bonds is 17. The molecule has 0 aliphatic rings. The first-order valence-corrected chi connectivity index (χ1v) is 17.0. The normalized spacial score (nSPS) is 11.4. The van der Waals surface area contributed by atoms with Crippen molar-refractivity contribution in [3.63, 3.8) is 0 Å². The number of methoxy groups -OCH3 is 2. The second-order valence-electron chi connectivity index (χ2n) is 9.44. The van der Waals surface area contributed by atoms with E-state index in [0.29, 0.717) is 24.3 Å². The minimum Gasteiger partial charge on any atom is -0.496 e. The first-order chi connectivity index (χ1) is 20.7. The van der Waals surface area contributed by atoms with E-state index in [0.717, 1.165) is 21.9 Å². The fourth-order valence-electron chi connectivity index (χ4n) is 4.33. The van der Waals surface area contributed by atoms with Crippen LogP contribution < -0.4 is 14.2 Å². The van der Waals surface area contributed by atoms with E-state index < -0.39 is 29.9 Å². The minimum absolute atomic E-state index is 0.0239.